The van der Waals surface area contributed by atoms with Crippen LogP contribution in [-0.4, -0.2) is 9.97 Å². The number of aromatic nitrogens is 2. The van der Waals surface area contributed by atoms with Crippen molar-refractivity contribution in [3.8, 4) is 11.3 Å². The molecule has 0 atom stereocenters. The molecule has 3 N–H and O–H groups in total. The fraction of sp³-hybridized carbons (Fsp3) is 0.100. The van der Waals surface area contributed by atoms with Crippen LogP contribution in [0.15, 0.2) is 28.9 Å². The van der Waals surface area contributed by atoms with E-state index in [9.17, 15) is 0 Å². The Morgan fingerprint density at radius 1 is 1.43 bits per heavy atom. The van der Waals surface area contributed by atoms with Gasteiger partial charge in [-0.3, -0.25) is 0 Å². The number of hydrogen-bond donors (Lipinski definition) is 2. The third-order valence-electron chi connectivity index (χ3n) is 2.01. The number of nitrogens with zero attached hydrogens (tertiary/aromatic N) is 1. The normalized spacial score (nSPS) is 10.4. The van der Waals surface area contributed by atoms with Crippen molar-refractivity contribution in [2.24, 2.45) is 0 Å². The van der Waals surface area contributed by atoms with E-state index in [0.29, 0.717) is 5.95 Å². The first-order chi connectivity index (χ1) is 6.66. The first-order valence-electron chi connectivity index (χ1n) is 4.24. The molecule has 0 bridgehead atoms. The van der Waals surface area contributed by atoms with Crippen LogP contribution in [0, 0.1) is 6.92 Å². The minimum absolute atomic E-state index is 0.438. The highest BCUT2D eigenvalue weighted by Crippen LogP contribution is 2.27. The summed E-state index contributed by atoms with van der Waals surface area (Å²) in [5, 5.41) is 0. The summed E-state index contributed by atoms with van der Waals surface area (Å²) in [5.74, 6) is 0.438. The van der Waals surface area contributed by atoms with Crippen LogP contribution in [0.4, 0.5) is 5.95 Å². The van der Waals surface area contributed by atoms with Crippen LogP contribution < -0.4 is 5.73 Å². The number of nitrogens with one attached hydrogen (secondary N) is 1. The Bertz CT molecular complexity index is 462. The zero-order valence-corrected chi connectivity index (χ0v) is 9.30. The second-order valence-electron chi connectivity index (χ2n) is 3.17. The van der Waals surface area contributed by atoms with Crippen molar-refractivity contribution < 1.29 is 0 Å². The lowest BCUT2D eigenvalue weighted by Crippen LogP contribution is -1.86. The van der Waals surface area contributed by atoms with Crippen molar-refractivity contribution in [1.82, 2.24) is 9.97 Å². The van der Waals surface area contributed by atoms with Crippen molar-refractivity contribution in [3.05, 3.63) is 34.4 Å². The maximum atomic E-state index is 5.52. The molecule has 72 valence electrons. The van der Waals surface area contributed by atoms with Crippen molar-refractivity contribution in [2.45, 2.75) is 6.92 Å². The van der Waals surface area contributed by atoms with Gasteiger partial charge in [0.25, 0.3) is 0 Å². The van der Waals surface area contributed by atoms with Crippen LogP contribution in [-0.2, 0) is 0 Å². The van der Waals surface area contributed by atoms with Crippen LogP contribution in [0.25, 0.3) is 11.3 Å². The molecule has 1 heterocycles. The molecule has 2 rings (SSSR count). The summed E-state index contributed by atoms with van der Waals surface area (Å²) in [6.07, 6.45) is 1.73. The van der Waals surface area contributed by atoms with Crippen LogP contribution in [0.1, 0.15) is 5.56 Å². The van der Waals surface area contributed by atoms with E-state index in [-0.39, 0.29) is 0 Å². The van der Waals surface area contributed by atoms with E-state index in [1.165, 1.54) is 5.56 Å². The molecule has 0 saturated heterocycles. The lowest BCUT2D eigenvalue weighted by molar-refractivity contribution is 1.32. The molecule has 14 heavy (non-hydrogen) atoms. The molecule has 0 radical (unpaired) electrons. The molecule has 0 fully saturated rings. The molecule has 0 aliphatic carbocycles. The number of aryl methyl sites for hydroxylation is 1. The smallest absolute Gasteiger partial charge is 0.197 e. The maximum Gasteiger partial charge on any atom is 0.197 e. The molecule has 2 aromatic rings. The first kappa shape index (κ1) is 9.27. The van der Waals surface area contributed by atoms with Gasteiger partial charge in [0.15, 0.2) is 5.95 Å². The molecule has 3 nitrogen and oxygen atoms in total. The minimum atomic E-state index is 0.438. The zero-order valence-electron chi connectivity index (χ0n) is 7.71. The monoisotopic (exact) mass is 251 g/mol. The molecule has 0 unspecified atom stereocenters. The maximum absolute atomic E-state index is 5.52. The van der Waals surface area contributed by atoms with Crippen LogP contribution in [0.3, 0.4) is 0 Å². The molecule has 0 spiro atoms. The lowest BCUT2D eigenvalue weighted by atomic mass is 10.1. The van der Waals surface area contributed by atoms with Crippen molar-refractivity contribution in [2.75, 3.05) is 5.73 Å². The molecular weight excluding hydrogens is 242 g/mol. The van der Waals surface area contributed by atoms with Gasteiger partial charge in [-0.2, -0.15) is 0 Å². The number of halogens is 1. The van der Waals surface area contributed by atoms with E-state index in [4.69, 9.17) is 5.73 Å². The fourth-order valence-electron chi connectivity index (χ4n) is 1.32. The first-order valence-corrected chi connectivity index (χ1v) is 5.03. The molecule has 1 aromatic carbocycles. The Kier molecular flexibility index (Phi) is 2.29. The van der Waals surface area contributed by atoms with E-state index in [0.717, 1.165) is 15.7 Å². The summed E-state index contributed by atoms with van der Waals surface area (Å²) in [4.78, 5) is 6.96. The fourth-order valence-corrected chi connectivity index (χ4v) is 1.78. The molecule has 1 aromatic heterocycles. The van der Waals surface area contributed by atoms with Gasteiger partial charge in [0.05, 0.1) is 11.9 Å². The largest absolute Gasteiger partial charge is 0.369 e. The molecule has 0 aliphatic heterocycles. The second kappa shape index (κ2) is 3.46. The Hall–Kier alpha value is -1.29. The Morgan fingerprint density at radius 3 is 2.86 bits per heavy atom. The Balaban J connectivity index is 2.55. The number of hydrogen-bond acceptors (Lipinski definition) is 2. The van der Waals surface area contributed by atoms with E-state index in [1.54, 1.807) is 6.20 Å². The Labute approximate surface area is 90.5 Å². The second-order valence-corrected chi connectivity index (χ2v) is 4.02. The van der Waals surface area contributed by atoms with Gasteiger partial charge in [-0.05, 0) is 19.1 Å². The molecule has 0 saturated carbocycles. The number of aromatic amines is 1. The number of nitrogens with two attached hydrogens (primary N) is 1. The van der Waals surface area contributed by atoms with E-state index in [1.807, 2.05) is 12.1 Å². The van der Waals surface area contributed by atoms with Gasteiger partial charge in [0, 0.05) is 10.0 Å². The van der Waals surface area contributed by atoms with Crippen LogP contribution >= 0.6 is 15.9 Å². The van der Waals surface area contributed by atoms with Crippen molar-refractivity contribution in [1.29, 1.82) is 0 Å². The lowest BCUT2D eigenvalue weighted by Gasteiger charge is -2.02. The predicted molar refractivity (Wildman–Crippen MR) is 60.9 cm³/mol. The van der Waals surface area contributed by atoms with Gasteiger partial charge in [-0.15, -0.1) is 0 Å². The molecule has 0 amide bonds. The summed E-state index contributed by atoms with van der Waals surface area (Å²) in [7, 11) is 0. The number of H-pyrrole nitrogens is 1. The van der Waals surface area contributed by atoms with Gasteiger partial charge >= 0.3 is 0 Å². The number of benzene rings is 1. The average molecular weight is 252 g/mol. The van der Waals surface area contributed by atoms with Crippen LogP contribution in [0.5, 0.6) is 0 Å². The quantitative estimate of drug-likeness (QED) is 0.819. The summed E-state index contributed by atoms with van der Waals surface area (Å²) in [6, 6.07) is 6.14. The van der Waals surface area contributed by atoms with Crippen molar-refractivity contribution >= 4 is 21.9 Å². The van der Waals surface area contributed by atoms with E-state index in [2.05, 4.69) is 38.9 Å². The van der Waals surface area contributed by atoms with Gasteiger partial charge in [0.1, 0.15) is 0 Å². The third-order valence-corrected chi connectivity index (χ3v) is 2.70. The number of nitrogen functional groups attached to an aromatic ring is 1. The summed E-state index contributed by atoms with van der Waals surface area (Å²) < 4.78 is 1.03. The highest BCUT2D eigenvalue weighted by atomic mass is 79.9. The standard InChI is InChI=1S/C10H10BrN3/c1-6-2-3-8(11)7(4-6)9-5-13-10(12)14-9/h2-5H,1H3,(H3,12,13,14). The third kappa shape index (κ3) is 1.65. The van der Waals surface area contributed by atoms with Gasteiger partial charge in [0.2, 0.25) is 0 Å². The van der Waals surface area contributed by atoms with Gasteiger partial charge in [-0.25, -0.2) is 4.98 Å². The predicted octanol–water partition coefficient (Wildman–Crippen LogP) is 2.73. The number of imidazole rings is 1. The SMILES string of the molecule is Cc1ccc(Br)c(-c2cnc(N)[nH]2)c1. The Morgan fingerprint density at radius 2 is 2.21 bits per heavy atom. The summed E-state index contributed by atoms with van der Waals surface area (Å²) >= 11 is 3.49. The van der Waals surface area contributed by atoms with Crippen LogP contribution in [0.2, 0.25) is 0 Å². The number of anilines is 1. The molecule has 0 aliphatic rings. The highest BCUT2D eigenvalue weighted by molar-refractivity contribution is 9.10. The minimum Gasteiger partial charge on any atom is -0.369 e. The molecule has 4 heteroatoms. The summed E-state index contributed by atoms with van der Waals surface area (Å²) in [5.41, 5.74) is 8.73. The highest BCUT2D eigenvalue weighted by Gasteiger charge is 2.05. The topological polar surface area (TPSA) is 54.7 Å². The average Bonchev–Trinajstić information content (AvgIpc) is 2.56. The van der Waals surface area contributed by atoms with E-state index >= 15 is 0 Å². The van der Waals surface area contributed by atoms with Crippen molar-refractivity contribution in [3.63, 3.8) is 0 Å². The zero-order chi connectivity index (χ0) is 10.1. The van der Waals surface area contributed by atoms with Gasteiger partial charge in [-0.1, -0.05) is 27.6 Å². The summed E-state index contributed by atoms with van der Waals surface area (Å²) in [6.45, 7) is 2.05. The van der Waals surface area contributed by atoms with E-state index < -0.39 is 0 Å². The van der Waals surface area contributed by atoms with Gasteiger partial charge < -0.3 is 10.7 Å². The molecular formula is C10H10BrN3. The number of rotatable bonds is 1.